The standard InChI is InChI=1S/C20H35N3O3/c1-5-6-12-25-14-15-26-13-11-22-20(21-3)23-16-17(2)18-9-7-8-10-19(18)24-4/h7-10,17H,5-6,11-16H2,1-4H3,(H2,21,22,23). The van der Waals surface area contributed by atoms with Gasteiger partial charge in [0.1, 0.15) is 5.75 Å². The van der Waals surface area contributed by atoms with E-state index in [-0.39, 0.29) is 0 Å². The van der Waals surface area contributed by atoms with E-state index in [2.05, 4.69) is 35.5 Å². The molecule has 148 valence electrons. The summed E-state index contributed by atoms with van der Waals surface area (Å²) in [7, 11) is 3.47. The van der Waals surface area contributed by atoms with Gasteiger partial charge in [-0.25, -0.2) is 0 Å². The fraction of sp³-hybridized carbons (Fsp3) is 0.650. The van der Waals surface area contributed by atoms with E-state index in [4.69, 9.17) is 14.2 Å². The molecular weight excluding hydrogens is 330 g/mol. The lowest BCUT2D eigenvalue weighted by Gasteiger charge is -2.18. The van der Waals surface area contributed by atoms with Crippen molar-refractivity contribution >= 4 is 5.96 Å². The number of ether oxygens (including phenoxy) is 3. The van der Waals surface area contributed by atoms with Gasteiger partial charge in [-0.1, -0.05) is 38.5 Å². The second-order valence-electron chi connectivity index (χ2n) is 6.10. The Hall–Kier alpha value is -1.79. The van der Waals surface area contributed by atoms with Crippen molar-refractivity contribution in [2.24, 2.45) is 4.99 Å². The van der Waals surface area contributed by atoms with E-state index < -0.39 is 0 Å². The molecular formula is C20H35N3O3. The van der Waals surface area contributed by atoms with Gasteiger partial charge in [0.25, 0.3) is 0 Å². The number of nitrogens with one attached hydrogen (secondary N) is 2. The van der Waals surface area contributed by atoms with Gasteiger partial charge in [0.15, 0.2) is 5.96 Å². The Morgan fingerprint density at radius 2 is 1.81 bits per heavy atom. The van der Waals surface area contributed by atoms with Gasteiger partial charge in [0.2, 0.25) is 0 Å². The number of aliphatic imine (C=N–C) groups is 1. The molecule has 0 radical (unpaired) electrons. The van der Waals surface area contributed by atoms with Crippen LogP contribution in [0.3, 0.4) is 0 Å². The zero-order valence-corrected chi connectivity index (χ0v) is 16.7. The molecule has 0 fully saturated rings. The third-order valence-electron chi connectivity index (χ3n) is 4.02. The molecule has 0 bridgehead atoms. The topological polar surface area (TPSA) is 64.1 Å². The Balaban J connectivity index is 2.19. The van der Waals surface area contributed by atoms with Gasteiger partial charge >= 0.3 is 0 Å². The number of para-hydroxylation sites is 1. The number of hydrogen-bond acceptors (Lipinski definition) is 4. The monoisotopic (exact) mass is 365 g/mol. The van der Waals surface area contributed by atoms with E-state index in [1.165, 1.54) is 5.56 Å². The van der Waals surface area contributed by atoms with Gasteiger partial charge in [0.05, 0.1) is 26.9 Å². The number of unbranched alkanes of at least 4 members (excludes halogenated alkanes) is 1. The Kier molecular flexibility index (Phi) is 12.3. The number of guanidine groups is 1. The molecule has 1 atom stereocenters. The van der Waals surface area contributed by atoms with Gasteiger partial charge in [-0.15, -0.1) is 0 Å². The zero-order valence-electron chi connectivity index (χ0n) is 16.7. The summed E-state index contributed by atoms with van der Waals surface area (Å²) in [4.78, 5) is 4.25. The summed E-state index contributed by atoms with van der Waals surface area (Å²) in [5.74, 6) is 2.00. The van der Waals surface area contributed by atoms with Crippen LogP contribution < -0.4 is 15.4 Å². The Labute approximate surface area is 158 Å². The SMILES string of the molecule is CCCCOCCOCCNC(=NC)NCC(C)c1ccccc1OC. The number of hydrogen-bond donors (Lipinski definition) is 2. The van der Waals surface area contributed by atoms with Crippen molar-refractivity contribution in [3.8, 4) is 5.75 Å². The molecule has 1 aromatic carbocycles. The maximum atomic E-state index is 5.55. The van der Waals surface area contributed by atoms with Crippen LogP contribution >= 0.6 is 0 Å². The average molecular weight is 366 g/mol. The number of rotatable bonds is 13. The van der Waals surface area contributed by atoms with Gasteiger partial charge < -0.3 is 24.8 Å². The lowest BCUT2D eigenvalue weighted by atomic mass is 10.0. The first kappa shape index (κ1) is 22.3. The van der Waals surface area contributed by atoms with Crippen LogP contribution in [0.25, 0.3) is 0 Å². The fourth-order valence-electron chi connectivity index (χ4n) is 2.46. The van der Waals surface area contributed by atoms with Crippen molar-refractivity contribution in [2.45, 2.75) is 32.6 Å². The van der Waals surface area contributed by atoms with E-state index in [0.29, 0.717) is 32.3 Å². The van der Waals surface area contributed by atoms with Gasteiger partial charge in [-0.2, -0.15) is 0 Å². The number of nitrogens with zero attached hydrogens (tertiary/aromatic N) is 1. The summed E-state index contributed by atoms with van der Waals surface area (Å²) >= 11 is 0. The normalized spacial score (nSPS) is 12.7. The predicted octanol–water partition coefficient (Wildman–Crippen LogP) is 2.80. The smallest absolute Gasteiger partial charge is 0.191 e. The van der Waals surface area contributed by atoms with Crippen LogP contribution in [0.5, 0.6) is 5.75 Å². The molecule has 1 rings (SSSR count). The summed E-state index contributed by atoms with van der Waals surface area (Å²) in [6.45, 7) is 8.53. The van der Waals surface area contributed by atoms with Crippen molar-refractivity contribution in [2.75, 3.05) is 53.7 Å². The summed E-state index contributed by atoms with van der Waals surface area (Å²) in [6.07, 6.45) is 2.27. The van der Waals surface area contributed by atoms with Crippen molar-refractivity contribution in [3.05, 3.63) is 29.8 Å². The molecule has 0 saturated carbocycles. The summed E-state index contributed by atoms with van der Waals surface area (Å²) in [6, 6.07) is 8.10. The Bertz CT molecular complexity index is 509. The van der Waals surface area contributed by atoms with Crippen molar-refractivity contribution in [1.82, 2.24) is 10.6 Å². The largest absolute Gasteiger partial charge is 0.496 e. The highest BCUT2D eigenvalue weighted by atomic mass is 16.5. The molecule has 0 amide bonds. The predicted molar refractivity (Wildman–Crippen MR) is 107 cm³/mol. The van der Waals surface area contributed by atoms with Crippen LogP contribution in [0, 0.1) is 0 Å². The van der Waals surface area contributed by atoms with Crippen LogP contribution in [0.2, 0.25) is 0 Å². The van der Waals surface area contributed by atoms with Crippen LogP contribution in [0.15, 0.2) is 29.3 Å². The molecule has 0 aliphatic heterocycles. The summed E-state index contributed by atoms with van der Waals surface area (Å²) < 4.78 is 16.4. The van der Waals surface area contributed by atoms with Gasteiger partial charge in [-0.05, 0) is 18.1 Å². The molecule has 0 saturated heterocycles. The van der Waals surface area contributed by atoms with Gasteiger partial charge in [-0.3, -0.25) is 4.99 Å². The minimum atomic E-state index is 0.307. The van der Waals surface area contributed by atoms with E-state index in [9.17, 15) is 0 Å². The summed E-state index contributed by atoms with van der Waals surface area (Å²) in [5, 5.41) is 6.61. The maximum Gasteiger partial charge on any atom is 0.191 e. The first-order chi connectivity index (χ1) is 12.7. The van der Waals surface area contributed by atoms with Crippen molar-refractivity contribution in [1.29, 1.82) is 0 Å². The minimum absolute atomic E-state index is 0.307. The van der Waals surface area contributed by atoms with Crippen LogP contribution in [-0.4, -0.2) is 59.6 Å². The Morgan fingerprint density at radius 3 is 2.50 bits per heavy atom. The van der Waals surface area contributed by atoms with Crippen molar-refractivity contribution in [3.63, 3.8) is 0 Å². The molecule has 1 unspecified atom stereocenters. The fourth-order valence-corrected chi connectivity index (χ4v) is 2.46. The molecule has 0 aliphatic rings. The average Bonchev–Trinajstić information content (AvgIpc) is 2.68. The van der Waals surface area contributed by atoms with E-state index >= 15 is 0 Å². The zero-order chi connectivity index (χ0) is 19.0. The van der Waals surface area contributed by atoms with E-state index in [0.717, 1.165) is 37.7 Å². The lowest BCUT2D eigenvalue weighted by Crippen LogP contribution is -2.40. The van der Waals surface area contributed by atoms with Crippen LogP contribution in [0.4, 0.5) is 0 Å². The first-order valence-electron chi connectivity index (χ1n) is 9.45. The molecule has 26 heavy (non-hydrogen) atoms. The molecule has 2 N–H and O–H groups in total. The molecule has 0 aliphatic carbocycles. The van der Waals surface area contributed by atoms with Crippen LogP contribution in [0.1, 0.15) is 38.2 Å². The van der Waals surface area contributed by atoms with E-state index in [1.807, 2.05) is 18.2 Å². The lowest BCUT2D eigenvalue weighted by molar-refractivity contribution is 0.0487. The second-order valence-corrected chi connectivity index (χ2v) is 6.10. The quantitative estimate of drug-likeness (QED) is 0.320. The highest BCUT2D eigenvalue weighted by Gasteiger charge is 2.11. The second kappa shape index (κ2) is 14.4. The maximum absolute atomic E-state index is 5.55. The number of methoxy groups -OCH3 is 1. The molecule has 6 nitrogen and oxygen atoms in total. The third kappa shape index (κ3) is 9.06. The molecule has 0 aromatic heterocycles. The Morgan fingerprint density at radius 1 is 1.08 bits per heavy atom. The molecule has 0 spiro atoms. The number of benzene rings is 1. The van der Waals surface area contributed by atoms with Crippen molar-refractivity contribution < 1.29 is 14.2 Å². The summed E-state index contributed by atoms with van der Waals surface area (Å²) in [5.41, 5.74) is 1.18. The molecule has 0 heterocycles. The highest BCUT2D eigenvalue weighted by Crippen LogP contribution is 2.25. The first-order valence-corrected chi connectivity index (χ1v) is 9.45. The van der Waals surface area contributed by atoms with Crippen LogP contribution in [-0.2, 0) is 9.47 Å². The third-order valence-corrected chi connectivity index (χ3v) is 4.02. The van der Waals surface area contributed by atoms with E-state index in [1.54, 1.807) is 14.2 Å². The molecule has 6 heteroatoms. The highest BCUT2D eigenvalue weighted by molar-refractivity contribution is 5.79. The van der Waals surface area contributed by atoms with Gasteiger partial charge in [0, 0.05) is 32.7 Å². The molecule has 1 aromatic rings. The minimum Gasteiger partial charge on any atom is -0.496 e.